The summed E-state index contributed by atoms with van der Waals surface area (Å²) in [4.78, 5) is 45.2. The van der Waals surface area contributed by atoms with Crippen molar-refractivity contribution in [2.24, 2.45) is 17.6 Å². The molecule has 5 rings (SSSR count). The zero-order valence-corrected chi connectivity index (χ0v) is 21.9. The molecule has 0 fully saturated rings. The van der Waals surface area contributed by atoms with Crippen LogP contribution in [0.5, 0.6) is 5.75 Å². The molecule has 0 aliphatic heterocycles. The highest BCUT2D eigenvalue weighted by Gasteiger charge is 2.63. The van der Waals surface area contributed by atoms with Gasteiger partial charge in [0.25, 0.3) is 5.91 Å². The van der Waals surface area contributed by atoms with Crippen molar-refractivity contribution in [3.63, 3.8) is 0 Å². The Morgan fingerprint density at radius 2 is 1.90 bits per heavy atom. The summed E-state index contributed by atoms with van der Waals surface area (Å²) in [5, 5.41) is 44.7. The number of ketones is 2. The topological polar surface area (TPSA) is 174 Å². The molecule has 0 saturated heterocycles. The first-order valence-corrected chi connectivity index (χ1v) is 12.9. The number of primary amides is 1. The zero-order valence-electron chi connectivity index (χ0n) is 21.9. The first kappa shape index (κ1) is 26.6. The van der Waals surface area contributed by atoms with Crippen LogP contribution in [-0.4, -0.2) is 73.5 Å². The van der Waals surface area contributed by atoms with Gasteiger partial charge < -0.3 is 26.2 Å². The van der Waals surface area contributed by atoms with Crippen LogP contribution in [0.3, 0.4) is 0 Å². The van der Waals surface area contributed by atoms with Crippen molar-refractivity contribution in [1.82, 2.24) is 9.88 Å². The number of aromatic hydroxyl groups is 1. The van der Waals surface area contributed by atoms with E-state index in [1.807, 2.05) is 6.07 Å². The minimum absolute atomic E-state index is 0.0193. The molecule has 6 N–H and O–H groups in total. The number of allylic oxidation sites excluding steroid dienone is 1. The summed E-state index contributed by atoms with van der Waals surface area (Å²) < 4.78 is 0. The number of pyridine rings is 1. The molecule has 3 aliphatic carbocycles. The number of nitrogens with zero attached hydrogens (tertiary/aromatic N) is 2. The second-order valence-electron chi connectivity index (χ2n) is 10.8. The van der Waals surface area contributed by atoms with Crippen LogP contribution >= 0.6 is 0 Å². The Labute approximate surface area is 225 Å². The van der Waals surface area contributed by atoms with Crippen molar-refractivity contribution in [3.05, 3.63) is 69.9 Å². The number of phenols is 1. The van der Waals surface area contributed by atoms with Crippen LogP contribution in [0.1, 0.15) is 41.3 Å². The summed E-state index contributed by atoms with van der Waals surface area (Å²) in [7, 11) is 3.19. The normalized spacial score (nSPS) is 26.4. The molecule has 1 heterocycles. The summed E-state index contributed by atoms with van der Waals surface area (Å²) in [6.07, 6.45) is 5.49. The minimum Gasteiger partial charge on any atom is -0.510 e. The Morgan fingerprint density at radius 3 is 2.54 bits per heavy atom. The van der Waals surface area contributed by atoms with E-state index >= 15 is 0 Å². The van der Waals surface area contributed by atoms with Gasteiger partial charge in [0, 0.05) is 29.4 Å². The lowest BCUT2D eigenvalue weighted by molar-refractivity contribution is -0.148. The van der Waals surface area contributed by atoms with Crippen molar-refractivity contribution < 1.29 is 34.8 Å². The average Bonchev–Trinajstić information content (AvgIpc) is 2.86. The molecule has 1 aromatic heterocycles. The number of amides is 1. The van der Waals surface area contributed by atoms with Gasteiger partial charge in [-0.05, 0) is 68.1 Å². The van der Waals surface area contributed by atoms with Gasteiger partial charge in [0.15, 0.2) is 11.4 Å². The third-order valence-electron chi connectivity index (χ3n) is 8.25. The molecule has 10 nitrogen and oxygen atoms in total. The summed E-state index contributed by atoms with van der Waals surface area (Å²) in [5.41, 5.74) is 4.78. The number of aryl methyl sites for hydroxylation is 1. The number of aromatic nitrogens is 1. The van der Waals surface area contributed by atoms with Gasteiger partial charge >= 0.3 is 0 Å². The maximum absolute atomic E-state index is 13.9. The molecule has 204 valence electrons. The van der Waals surface area contributed by atoms with Crippen molar-refractivity contribution in [3.8, 4) is 16.9 Å². The molecular weight excluding hydrogens is 502 g/mol. The van der Waals surface area contributed by atoms with Crippen molar-refractivity contribution in [1.29, 1.82) is 0 Å². The van der Waals surface area contributed by atoms with E-state index < -0.39 is 58.0 Å². The number of carbonyl (C=O) groups is 3. The number of phenolic OH excluding ortho intramolecular Hbond substituents is 1. The highest BCUT2D eigenvalue weighted by molar-refractivity contribution is 6.24. The van der Waals surface area contributed by atoms with Crippen LogP contribution in [0.2, 0.25) is 0 Å². The highest BCUT2D eigenvalue weighted by Crippen LogP contribution is 2.53. The highest BCUT2D eigenvalue weighted by atomic mass is 16.3. The van der Waals surface area contributed by atoms with Crippen molar-refractivity contribution in [2.45, 2.75) is 44.2 Å². The number of hydrogen-bond acceptors (Lipinski definition) is 9. The monoisotopic (exact) mass is 533 g/mol. The van der Waals surface area contributed by atoms with Crippen molar-refractivity contribution >= 4 is 17.5 Å². The molecule has 2 aromatic rings. The first-order chi connectivity index (χ1) is 18.4. The van der Waals surface area contributed by atoms with Crippen molar-refractivity contribution in [2.75, 3.05) is 14.1 Å². The lowest BCUT2D eigenvalue weighted by Crippen LogP contribution is -2.63. The Kier molecular flexibility index (Phi) is 6.35. The predicted octanol–water partition coefficient (Wildman–Crippen LogP) is 2.14. The molecule has 4 atom stereocenters. The van der Waals surface area contributed by atoms with Gasteiger partial charge in [-0.3, -0.25) is 24.3 Å². The molecule has 1 aromatic carbocycles. The van der Waals surface area contributed by atoms with E-state index in [1.54, 1.807) is 32.6 Å². The van der Waals surface area contributed by atoms with E-state index in [9.17, 15) is 34.8 Å². The van der Waals surface area contributed by atoms with E-state index in [0.717, 1.165) is 24.0 Å². The van der Waals surface area contributed by atoms with Crippen LogP contribution in [0.15, 0.2) is 53.3 Å². The number of Topliss-reactive ketones (excluding diaryl/α,β-unsaturated/α-hetero) is 2. The lowest BCUT2D eigenvalue weighted by Gasteiger charge is -2.50. The minimum atomic E-state index is -2.66. The Bertz CT molecular complexity index is 1490. The largest absolute Gasteiger partial charge is 0.510 e. The van der Waals surface area contributed by atoms with Crippen LogP contribution in [-0.2, 0) is 22.4 Å². The number of fused-ring (bicyclic) bond motifs is 3. The third-order valence-corrected chi connectivity index (χ3v) is 8.25. The molecule has 1 amide bonds. The molecule has 0 saturated carbocycles. The fraction of sp³-hybridized carbons (Fsp3) is 0.379. The first-order valence-electron chi connectivity index (χ1n) is 12.9. The van der Waals surface area contributed by atoms with Gasteiger partial charge in [0.1, 0.15) is 22.8 Å². The van der Waals surface area contributed by atoms with Crippen LogP contribution < -0.4 is 5.73 Å². The third kappa shape index (κ3) is 3.77. The number of benzene rings is 1. The zero-order chi connectivity index (χ0) is 28.4. The number of aliphatic hydroxyl groups excluding tert-OH is 2. The Morgan fingerprint density at radius 1 is 1.18 bits per heavy atom. The summed E-state index contributed by atoms with van der Waals surface area (Å²) in [6.45, 7) is 2.06. The van der Waals surface area contributed by atoms with E-state index in [0.29, 0.717) is 11.1 Å². The summed E-state index contributed by atoms with van der Waals surface area (Å²) in [6, 6.07) is 4.08. The van der Waals surface area contributed by atoms with Gasteiger partial charge in [-0.25, -0.2) is 0 Å². The molecule has 0 bridgehead atoms. The Balaban J connectivity index is 1.70. The van der Waals surface area contributed by atoms with Gasteiger partial charge in [-0.15, -0.1) is 0 Å². The lowest BCUT2D eigenvalue weighted by atomic mass is 9.58. The standard InChI is InChI=1S/C29H31N3O7/c1-4-5-13-8-15(12-31-11-13)16-6-7-19(33)21-17(16)9-14-10-18-23(32(2)3)25(35)22(28(30)38)27(37)29(18,39)26(36)20(14)24(21)34/h6-8,11-12,14,18,23,33,35-36,39H,4-5,9-10H2,1-3H3,(H2,30,38). The number of hydrogen-bond donors (Lipinski definition) is 5. The van der Waals surface area contributed by atoms with Crippen LogP contribution in [0, 0.1) is 11.8 Å². The second-order valence-corrected chi connectivity index (χ2v) is 10.8. The van der Waals surface area contributed by atoms with E-state index in [-0.39, 0.29) is 29.7 Å². The number of likely N-dealkylation sites (N-methyl/N-ethyl adjacent to an activating group) is 1. The predicted molar refractivity (Wildman–Crippen MR) is 141 cm³/mol. The van der Waals surface area contributed by atoms with Crippen LogP contribution in [0.25, 0.3) is 11.1 Å². The number of aliphatic hydroxyl groups is 3. The van der Waals surface area contributed by atoms with Gasteiger partial charge in [-0.1, -0.05) is 19.4 Å². The van der Waals surface area contributed by atoms with Crippen LogP contribution in [0.4, 0.5) is 0 Å². The fourth-order valence-corrected chi connectivity index (χ4v) is 6.58. The summed E-state index contributed by atoms with van der Waals surface area (Å²) in [5.74, 6) is -6.69. The molecule has 39 heavy (non-hydrogen) atoms. The molecule has 4 unspecified atom stereocenters. The SMILES string of the molecule is CCCc1cncc(-c2ccc(O)c3c2CC2CC4C(N(C)C)C(O)=C(C(N)=O)C(=O)C4(O)C(O)=C2C3=O)c1. The quantitative estimate of drug-likeness (QED) is 0.361. The van der Waals surface area contributed by atoms with E-state index in [4.69, 9.17) is 5.73 Å². The molecule has 0 radical (unpaired) electrons. The molecule has 3 aliphatic rings. The summed E-state index contributed by atoms with van der Waals surface area (Å²) >= 11 is 0. The van der Waals surface area contributed by atoms with E-state index in [2.05, 4.69) is 11.9 Å². The Hall–Kier alpha value is -4.02. The molecule has 10 heteroatoms. The number of rotatable bonds is 5. The number of carbonyl (C=O) groups excluding carboxylic acids is 3. The van der Waals surface area contributed by atoms with E-state index in [1.165, 1.54) is 11.0 Å². The fourth-order valence-electron chi connectivity index (χ4n) is 6.58. The van der Waals surface area contributed by atoms with Gasteiger partial charge in [-0.2, -0.15) is 0 Å². The second kappa shape index (κ2) is 9.32. The smallest absolute Gasteiger partial charge is 0.255 e. The molecule has 0 spiro atoms. The molecular formula is C29H31N3O7. The average molecular weight is 534 g/mol. The maximum atomic E-state index is 13.9. The maximum Gasteiger partial charge on any atom is 0.255 e. The van der Waals surface area contributed by atoms with Gasteiger partial charge in [0.05, 0.1) is 11.6 Å². The number of nitrogens with two attached hydrogens (primary N) is 1. The van der Waals surface area contributed by atoms with Gasteiger partial charge in [0.2, 0.25) is 5.78 Å².